The Morgan fingerprint density at radius 1 is 1.48 bits per heavy atom. The number of aromatic nitrogens is 1. The van der Waals surface area contributed by atoms with Gasteiger partial charge in [-0.1, -0.05) is 11.8 Å². The highest BCUT2D eigenvalue weighted by Crippen LogP contribution is 2.25. The molecule has 0 radical (unpaired) electrons. The molecule has 1 fully saturated rings. The third-order valence-corrected chi connectivity index (χ3v) is 3.88. The minimum absolute atomic E-state index is 0.0642. The molecule has 112 valence electrons. The predicted octanol–water partition coefficient (Wildman–Crippen LogP) is 1.47. The molecule has 0 aromatic carbocycles. The number of rotatable bonds is 4. The molecule has 0 atom stereocenters. The van der Waals surface area contributed by atoms with Gasteiger partial charge in [0.15, 0.2) is 0 Å². The quantitative estimate of drug-likeness (QED) is 0.841. The van der Waals surface area contributed by atoms with Crippen LogP contribution in [0, 0.1) is 13.8 Å². The number of aromatic carboxylic acids is 1. The molecular formula is C13H14N2O5S. The van der Waals surface area contributed by atoms with Gasteiger partial charge in [-0.3, -0.25) is 4.79 Å². The minimum atomic E-state index is -1.09. The molecule has 0 spiro atoms. The van der Waals surface area contributed by atoms with E-state index in [4.69, 9.17) is 0 Å². The summed E-state index contributed by atoms with van der Waals surface area (Å²) >= 11 is 1.01. The van der Waals surface area contributed by atoms with Gasteiger partial charge < -0.3 is 9.84 Å². The average Bonchev–Trinajstić information content (AvgIpc) is 2.81. The molecule has 1 saturated heterocycles. The van der Waals surface area contributed by atoms with E-state index < -0.39 is 18.0 Å². The molecule has 0 bridgehead atoms. The fraction of sp³-hybridized carbons (Fsp3) is 0.385. The lowest BCUT2D eigenvalue weighted by Gasteiger charge is -2.12. The van der Waals surface area contributed by atoms with Crippen molar-refractivity contribution in [2.24, 2.45) is 0 Å². The Morgan fingerprint density at radius 3 is 2.76 bits per heavy atom. The van der Waals surface area contributed by atoms with E-state index in [1.165, 1.54) is 0 Å². The maximum atomic E-state index is 11.9. The molecule has 2 amide bonds. The second-order valence-corrected chi connectivity index (χ2v) is 5.48. The largest absolute Gasteiger partial charge is 0.478 e. The Bertz CT molecular complexity index is 617. The van der Waals surface area contributed by atoms with Crippen LogP contribution in [-0.2, 0) is 9.53 Å². The number of cyclic esters (lactones) is 1. The van der Waals surface area contributed by atoms with Crippen molar-refractivity contribution in [3.63, 3.8) is 0 Å². The first-order valence-electron chi connectivity index (χ1n) is 6.21. The van der Waals surface area contributed by atoms with Gasteiger partial charge in [0.25, 0.3) is 0 Å². The maximum Gasteiger partial charge on any atom is 0.416 e. The molecule has 2 rings (SSSR count). The van der Waals surface area contributed by atoms with Crippen molar-refractivity contribution >= 4 is 29.7 Å². The average molecular weight is 310 g/mol. The Balaban J connectivity index is 2.14. The van der Waals surface area contributed by atoms with Crippen molar-refractivity contribution in [2.45, 2.75) is 18.9 Å². The number of ether oxygens (including phenoxy) is 1. The van der Waals surface area contributed by atoms with Crippen LogP contribution in [0.1, 0.15) is 21.6 Å². The number of hydrogen-bond acceptors (Lipinski definition) is 6. The summed E-state index contributed by atoms with van der Waals surface area (Å²) in [7, 11) is 0. The summed E-state index contributed by atoms with van der Waals surface area (Å²) in [5, 5.41) is 9.51. The number of nitrogens with zero attached hydrogens (tertiary/aromatic N) is 2. The second kappa shape index (κ2) is 6.13. The van der Waals surface area contributed by atoms with Crippen molar-refractivity contribution in [1.29, 1.82) is 0 Å². The number of hydrogen-bond donors (Lipinski definition) is 1. The van der Waals surface area contributed by atoms with Gasteiger partial charge in [0.2, 0.25) is 5.91 Å². The Hall–Kier alpha value is -2.09. The Kier molecular flexibility index (Phi) is 4.46. The lowest BCUT2D eigenvalue weighted by Crippen LogP contribution is -2.33. The summed E-state index contributed by atoms with van der Waals surface area (Å²) in [5.74, 6) is -1.57. The van der Waals surface area contributed by atoms with E-state index in [9.17, 15) is 19.5 Å². The zero-order valence-electron chi connectivity index (χ0n) is 11.6. The smallest absolute Gasteiger partial charge is 0.416 e. The molecule has 2 heterocycles. The summed E-state index contributed by atoms with van der Waals surface area (Å²) in [6.07, 6.45) is -0.660. The molecule has 8 heteroatoms. The first kappa shape index (κ1) is 15.3. The molecule has 0 saturated carbocycles. The molecule has 1 aromatic rings. The first-order chi connectivity index (χ1) is 9.90. The molecular weight excluding hydrogens is 296 g/mol. The topological polar surface area (TPSA) is 96.8 Å². The van der Waals surface area contributed by atoms with Crippen LogP contribution in [0.4, 0.5) is 4.79 Å². The van der Waals surface area contributed by atoms with Crippen molar-refractivity contribution < 1.29 is 24.2 Å². The molecule has 0 unspecified atom stereocenters. The van der Waals surface area contributed by atoms with E-state index in [1.807, 2.05) is 0 Å². The normalized spacial score (nSPS) is 14.2. The second-order valence-electron chi connectivity index (χ2n) is 4.51. The van der Waals surface area contributed by atoms with Crippen LogP contribution < -0.4 is 0 Å². The zero-order chi connectivity index (χ0) is 15.6. The Morgan fingerprint density at radius 2 is 2.19 bits per heavy atom. The summed E-state index contributed by atoms with van der Waals surface area (Å²) in [6.45, 7) is 3.85. The highest BCUT2D eigenvalue weighted by molar-refractivity contribution is 8.00. The highest BCUT2D eigenvalue weighted by Gasteiger charge is 2.28. The fourth-order valence-corrected chi connectivity index (χ4v) is 3.01. The molecule has 7 nitrogen and oxygen atoms in total. The summed E-state index contributed by atoms with van der Waals surface area (Å²) < 4.78 is 4.69. The van der Waals surface area contributed by atoms with E-state index in [0.29, 0.717) is 11.3 Å². The molecule has 1 N–H and O–H groups in total. The third kappa shape index (κ3) is 3.33. The molecule has 0 aliphatic carbocycles. The summed E-state index contributed by atoms with van der Waals surface area (Å²) in [4.78, 5) is 39.6. The number of imide groups is 1. The van der Waals surface area contributed by atoms with Gasteiger partial charge in [-0.15, -0.1) is 0 Å². The maximum absolute atomic E-state index is 11.9. The predicted molar refractivity (Wildman–Crippen MR) is 74.5 cm³/mol. The number of pyridine rings is 1. The summed E-state index contributed by atoms with van der Waals surface area (Å²) in [5.41, 5.74) is 1.35. The van der Waals surface area contributed by atoms with Gasteiger partial charge in [0.05, 0.1) is 17.9 Å². The standard InChI is InChI=1S/C13H14N2O5S/c1-7-5-8(2)14-11(10(7)12(17)18)21-6-9(16)15-3-4-20-13(15)19/h5H,3-4,6H2,1-2H3,(H,17,18). The monoisotopic (exact) mass is 310 g/mol. The SMILES string of the molecule is Cc1cc(C)c(C(=O)O)c(SCC(=O)N2CCOC2=O)n1. The fourth-order valence-electron chi connectivity index (χ4n) is 2.00. The molecule has 1 aromatic heterocycles. The summed E-state index contributed by atoms with van der Waals surface area (Å²) in [6, 6.07) is 1.67. The highest BCUT2D eigenvalue weighted by atomic mass is 32.2. The minimum Gasteiger partial charge on any atom is -0.478 e. The third-order valence-electron chi connectivity index (χ3n) is 2.92. The van der Waals surface area contributed by atoms with E-state index in [1.54, 1.807) is 19.9 Å². The van der Waals surface area contributed by atoms with E-state index in [2.05, 4.69) is 9.72 Å². The van der Waals surface area contributed by atoms with Crippen molar-refractivity contribution in [3.05, 3.63) is 22.9 Å². The van der Waals surface area contributed by atoms with Crippen LogP contribution in [-0.4, -0.2) is 51.9 Å². The number of carboxylic acids is 1. The van der Waals surface area contributed by atoms with E-state index in [-0.39, 0.29) is 29.5 Å². The number of thioether (sulfide) groups is 1. The number of amides is 2. The Labute approximate surface area is 125 Å². The van der Waals surface area contributed by atoms with Gasteiger partial charge in [0.1, 0.15) is 11.6 Å². The number of aryl methyl sites for hydroxylation is 2. The lowest BCUT2D eigenvalue weighted by molar-refractivity contribution is -0.125. The van der Waals surface area contributed by atoms with Crippen LogP contribution in [0.3, 0.4) is 0 Å². The van der Waals surface area contributed by atoms with Crippen molar-refractivity contribution in [3.8, 4) is 0 Å². The van der Waals surface area contributed by atoms with Gasteiger partial charge in [-0.2, -0.15) is 0 Å². The van der Waals surface area contributed by atoms with Crippen molar-refractivity contribution in [1.82, 2.24) is 9.88 Å². The van der Waals surface area contributed by atoms with E-state index in [0.717, 1.165) is 16.7 Å². The van der Waals surface area contributed by atoms with Crippen LogP contribution in [0.2, 0.25) is 0 Å². The number of carbonyl (C=O) groups excluding carboxylic acids is 2. The first-order valence-corrected chi connectivity index (χ1v) is 7.20. The van der Waals surface area contributed by atoms with Crippen LogP contribution in [0.15, 0.2) is 11.1 Å². The van der Waals surface area contributed by atoms with Gasteiger partial charge in [-0.25, -0.2) is 19.5 Å². The van der Waals surface area contributed by atoms with Gasteiger partial charge in [-0.05, 0) is 25.5 Å². The zero-order valence-corrected chi connectivity index (χ0v) is 12.4. The van der Waals surface area contributed by atoms with Gasteiger partial charge in [0, 0.05) is 5.69 Å². The lowest BCUT2D eigenvalue weighted by atomic mass is 10.1. The molecule has 21 heavy (non-hydrogen) atoms. The molecule has 1 aliphatic heterocycles. The van der Waals surface area contributed by atoms with Gasteiger partial charge >= 0.3 is 12.1 Å². The van der Waals surface area contributed by atoms with Crippen LogP contribution >= 0.6 is 11.8 Å². The number of carboxylic acid groups (broad SMARTS) is 1. The number of carbonyl (C=O) groups is 3. The van der Waals surface area contributed by atoms with Crippen molar-refractivity contribution in [2.75, 3.05) is 18.9 Å². The van der Waals surface area contributed by atoms with Crippen LogP contribution in [0.25, 0.3) is 0 Å². The van der Waals surface area contributed by atoms with Crippen LogP contribution in [0.5, 0.6) is 0 Å². The molecule has 1 aliphatic rings. The van der Waals surface area contributed by atoms with E-state index >= 15 is 0 Å².